The molecule has 5 heteroatoms. The molecule has 0 aliphatic rings. The van der Waals surface area contributed by atoms with E-state index in [0.29, 0.717) is 0 Å². The Balaban J connectivity index is 2.03. The normalized spacial score (nSPS) is 10.8. The summed E-state index contributed by atoms with van der Waals surface area (Å²) in [6.45, 7) is 0. The third kappa shape index (κ3) is 2.32. The summed E-state index contributed by atoms with van der Waals surface area (Å²) >= 11 is 0. The van der Waals surface area contributed by atoms with Gasteiger partial charge in [0.15, 0.2) is 5.65 Å². The summed E-state index contributed by atoms with van der Waals surface area (Å²) in [6, 6.07) is 15.6. The van der Waals surface area contributed by atoms with Gasteiger partial charge < -0.3 is 4.74 Å². The van der Waals surface area contributed by atoms with Crippen LogP contribution in [0.25, 0.3) is 28.2 Å². The molecule has 3 heterocycles. The van der Waals surface area contributed by atoms with Crippen LogP contribution in [0.1, 0.15) is 0 Å². The highest BCUT2D eigenvalue weighted by molar-refractivity contribution is 5.79. The van der Waals surface area contributed by atoms with E-state index in [1.54, 1.807) is 25.7 Å². The predicted molar refractivity (Wildman–Crippen MR) is 88.6 cm³/mol. The topological polar surface area (TPSA) is 52.8 Å². The molecule has 0 bridgehead atoms. The molecule has 0 N–H and O–H groups in total. The average Bonchev–Trinajstić information content (AvgIpc) is 3.02. The third-order valence-electron chi connectivity index (χ3n) is 3.65. The highest BCUT2D eigenvalue weighted by atomic mass is 16.5. The van der Waals surface area contributed by atoms with E-state index < -0.39 is 0 Å². The first-order chi connectivity index (χ1) is 11.4. The highest BCUT2D eigenvalue weighted by Crippen LogP contribution is 2.28. The molecule has 0 aliphatic carbocycles. The predicted octanol–water partition coefficient (Wildman–Crippen LogP) is 3.49. The van der Waals surface area contributed by atoms with Gasteiger partial charge in [-0.15, -0.1) is 0 Å². The van der Waals surface area contributed by atoms with E-state index in [1.807, 2.05) is 53.1 Å². The fourth-order valence-corrected chi connectivity index (χ4v) is 2.60. The molecule has 5 nitrogen and oxygen atoms in total. The number of aromatic nitrogens is 4. The number of imidazole rings is 1. The minimum absolute atomic E-state index is 0.789. The van der Waals surface area contributed by atoms with Crippen molar-refractivity contribution in [2.45, 2.75) is 0 Å². The van der Waals surface area contributed by atoms with Gasteiger partial charge in [-0.05, 0) is 36.4 Å². The fraction of sp³-hybridized carbons (Fsp3) is 0.0556. The number of benzene rings is 1. The van der Waals surface area contributed by atoms with Crippen molar-refractivity contribution < 1.29 is 4.74 Å². The van der Waals surface area contributed by atoms with Crippen LogP contribution in [-0.2, 0) is 0 Å². The van der Waals surface area contributed by atoms with Gasteiger partial charge in [-0.1, -0.05) is 6.07 Å². The van der Waals surface area contributed by atoms with Gasteiger partial charge in [0, 0.05) is 30.2 Å². The fourth-order valence-electron chi connectivity index (χ4n) is 2.60. The van der Waals surface area contributed by atoms with E-state index in [1.165, 1.54) is 0 Å². The zero-order valence-electron chi connectivity index (χ0n) is 12.5. The molecule has 0 radical (unpaired) electrons. The maximum absolute atomic E-state index is 5.34. The van der Waals surface area contributed by atoms with Crippen molar-refractivity contribution in [2.75, 3.05) is 7.11 Å². The molecule has 0 unspecified atom stereocenters. The number of nitrogens with zero attached hydrogens (tertiary/aromatic N) is 4. The van der Waals surface area contributed by atoms with Gasteiger partial charge in [0.25, 0.3) is 0 Å². The summed E-state index contributed by atoms with van der Waals surface area (Å²) in [7, 11) is 1.66. The zero-order valence-corrected chi connectivity index (χ0v) is 12.5. The van der Waals surface area contributed by atoms with Crippen LogP contribution in [0.15, 0.2) is 67.1 Å². The van der Waals surface area contributed by atoms with Crippen LogP contribution in [0.2, 0.25) is 0 Å². The lowest BCUT2D eigenvalue weighted by molar-refractivity contribution is 0.414. The van der Waals surface area contributed by atoms with Gasteiger partial charge in [0.2, 0.25) is 0 Å². The Bertz CT molecular complexity index is 963. The van der Waals surface area contributed by atoms with Crippen LogP contribution in [0.3, 0.4) is 0 Å². The van der Waals surface area contributed by atoms with Crippen molar-refractivity contribution in [3.63, 3.8) is 0 Å². The zero-order chi connectivity index (χ0) is 15.6. The Morgan fingerprint density at radius 2 is 1.91 bits per heavy atom. The van der Waals surface area contributed by atoms with Gasteiger partial charge in [-0.3, -0.25) is 9.55 Å². The van der Waals surface area contributed by atoms with Crippen molar-refractivity contribution in [1.29, 1.82) is 0 Å². The minimum Gasteiger partial charge on any atom is -0.497 e. The molecule has 0 amide bonds. The second-order valence-electron chi connectivity index (χ2n) is 5.06. The molecule has 0 saturated carbocycles. The van der Waals surface area contributed by atoms with Crippen LogP contribution in [-0.4, -0.2) is 26.6 Å². The Morgan fingerprint density at radius 3 is 2.74 bits per heavy atom. The molecule has 23 heavy (non-hydrogen) atoms. The van der Waals surface area contributed by atoms with Crippen LogP contribution in [0.4, 0.5) is 0 Å². The summed E-state index contributed by atoms with van der Waals surface area (Å²) in [5.41, 5.74) is 3.53. The lowest BCUT2D eigenvalue weighted by atomic mass is 10.2. The van der Waals surface area contributed by atoms with Crippen molar-refractivity contribution in [3.8, 4) is 22.8 Å². The van der Waals surface area contributed by atoms with Crippen molar-refractivity contribution >= 4 is 11.2 Å². The van der Waals surface area contributed by atoms with Crippen LogP contribution in [0.5, 0.6) is 5.75 Å². The first-order valence-electron chi connectivity index (χ1n) is 7.25. The Kier molecular flexibility index (Phi) is 3.24. The number of ether oxygens (including phenoxy) is 1. The second-order valence-corrected chi connectivity index (χ2v) is 5.06. The molecule has 0 spiro atoms. The summed E-state index contributed by atoms with van der Waals surface area (Å²) < 4.78 is 7.37. The maximum atomic E-state index is 5.34. The van der Waals surface area contributed by atoms with E-state index in [2.05, 4.69) is 9.97 Å². The van der Waals surface area contributed by atoms with Gasteiger partial charge in [0.05, 0.1) is 12.8 Å². The smallest absolute Gasteiger partial charge is 0.164 e. The Labute approximate surface area is 133 Å². The molecule has 4 aromatic rings. The largest absolute Gasteiger partial charge is 0.497 e. The molecule has 0 saturated heterocycles. The maximum Gasteiger partial charge on any atom is 0.164 e. The van der Waals surface area contributed by atoms with Crippen LogP contribution < -0.4 is 4.74 Å². The molecule has 0 fully saturated rings. The molecule has 4 rings (SSSR count). The van der Waals surface area contributed by atoms with Gasteiger partial charge in [-0.2, -0.15) is 0 Å². The van der Waals surface area contributed by atoms with Crippen molar-refractivity contribution in [1.82, 2.24) is 19.5 Å². The molecule has 3 aromatic heterocycles. The van der Waals surface area contributed by atoms with E-state index >= 15 is 0 Å². The van der Waals surface area contributed by atoms with E-state index in [9.17, 15) is 0 Å². The summed E-state index contributed by atoms with van der Waals surface area (Å²) in [5.74, 6) is 1.59. The van der Waals surface area contributed by atoms with E-state index in [4.69, 9.17) is 9.72 Å². The number of hydrogen-bond donors (Lipinski definition) is 0. The number of methoxy groups -OCH3 is 1. The van der Waals surface area contributed by atoms with Gasteiger partial charge in [0.1, 0.15) is 17.1 Å². The molecule has 0 atom stereocenters. The first-order valence-corrected chi connectivity index (χ1v) is 7.25. The molecule has 1 aromatic carbocycles. The second kappa shape index (κ2) is 5.53. The number of hydrogen-bond acceptors (Lipinski definition) is 4. The molecular weight excluding hydrogens is 288 g/mol. The Hall–Kier alpha value is -3.21. The molecule has 112 valence electrons. The van der Waals surface area contributed by atoms with Gasteiger partial charge >= 0.3 is 0 Å². The monoisotopic (exact) mass is 302 g/mol. The standard InChI is InChI=1S/C18H14N4O/c1-23-15-7-2-6-14(11-15)22-17(13-5-3-9-19-12-13)21-16-8-4-10-20-18(16)22/h2-12H,1H3. The lowest BCUT2D eigenvalue weighted by Gasteiger charge is -2.10. The SMILES string of the molecule is COc1cccc(-n2c(-c3cccnc3)nc3cccnc32)c1. The Morgan fingerprint density at radius 1 is 1.00 bits per heavy atom. The van der Waals surface area contributed by atoms with Gasteiger partial charge in [-0.25, -0.2) is 9.97 Å². The number of pyridine rings is 2. The molecular formula is C18H14N4O. The highest BCUT2D eigenvalue weighted by Gasteiger charge is 2.15. The summed E-state index contributed by atoms with van der Waals surface area (Å²) in [4.78, 5) is 13.4. The van der Waals surface area contributed by atoms with Crippen molar-refractivity contribution in [2.24, 2.45) is 0 Å². The van der Waals surface area contributed by atoms with Crippen LogP contribution in [0, 0.1) is 0 Å². The summed E-state index contributed by atoms with van der Waals surface area (Å²) in [6.07, 6.45) is 5.33. The minimum atomic E-state index is 0.789. The summed E-state index contributed by atoms with van der Waals surface area (Å²) in [5, 5.41) is 0. The number of fused-ring (bicyclic) bond motifs is 1. The lowest BCUT2D eigenvalue weighted by Crippen LogP contribution is -1.99. The number of rotatable bonds is 3. The quantitative estimate of drug-likeness (QED) is 0.581. The van der Waals surface area contributed by atoms with Crippen LogP contribution >= 0.6 is 0 Å². The van der Waals surface area contributed by atoms with Crippen molar-refractivity contribution in [3.05, 3.63) is 67.1 Å². The third-order valence-corrected chi connectivity index (χ3v) is 3.65. The van der Waals surface area contributed by atoms with E-state index in [-0.39, 0.29) is 0 Å². The average molecular weight is 302 g/mol. The van der Waals surface area contributed by atoms with E-state index in [0.717, 1.165) is 34.0 Å². The molecule has 0 aliphatic heterocycles. The first kappa shape index (κ1) is 13.5.